The van der Waals surface area contributed by atoms with Crippen LogP contribution in [0.3, 0.4) is 0 Å². The molecule has 1 aromatic heterocycles. The highest BCUT2D eigenvalue weighted by Gasteiger charge is 2.27. The molecule has 5 nitrogen and oxygen atoms in total. The number of carboxylic acid groups (broad SMARTS) is 1. The summed E-state index contributed by atoms with van der Waals surface area (Å²) in [6.45, 7) is 3.60. The second-order valence-electron chi connectivity index (χ2n) is 7.31. The average Bonchev–Trinajstić information content (AvgIpc) is 3.02. The molecule has 1 aliphatic heterocycles. The summed E-state index contributed by atoms with van der Waals surface area (Å²) in [4.78, 5) is 20.2. The van der Waals surface area contributed by atoms with Crippen LogP contribution in [0.5, 0.6) is 0 Å². The van der Waals surface area contributed by atoms with Crippen LogP contribution in [0.1, 0.15) is 33.1 Å². The van der Waals surface area contributed by atoms with E-state index in [4.69, 9.17) is 0 Å². The summed E-state index contributed by atoms with van der Waals surface area (Å²) < 4.78 is 0. The molecular weight excluding hydrogens is 382 g/mol. The minimum atomic E-state index is -0.951. The van der Waals surface area contributed by atoms with E-state index < -0.39 is 5.97 Å². The first kappa shape index (κ1) is 19.5. The van der Waals surface area contributed by atoms with Gasteiger partial charge in [0.2, 0.25) is 0 Å². The Morgan fingerprint density at radius 2 is 1.97 bits per heavy atom. The van der Waals surface area contributed by atoms with Gasteiger partial charge in [0.1, 0.15) is 0 Å². The van der Waals surface area contributed by atoms with Crippen molar-refractivity contribution in [3.8, 4) is 0 Å². The average molecular weight is 406 g/mol. The molecule has 0 amide bonds. The second-order valence-corrected chi connectivity index (χ2v) is 8.46. The van der Waals surface area contributed by atoms with Crippen LogP contribution >= 0.6 is 11.8 Å². The Kier molecular flexibility index (Phi) is 5.56. The highest BCUT2D eigenvalue weighted by atomic mass is 32.2. The van der Waals surface area contributed by atoms with Gasteiger partial charge in [-0.05, 0) is 55.4 Å². The highest BCUT2D eigenvalue weighted by molar-refractivity contribution is 7.99. The Balaban J connectivity index is 1.49. The molecule has 148 valence electrons. The Morgan fingerprint density at radius 3 is 2.72 bits per heavy atom. The number of hydrogen-bond donors (Lipinski definition) is 2. The summed E-state index contributed by atoms with van der Waals surface area (Å²) in [6.07, 6.45) is 3.07. The second kappa shape index (κ2) is 8.27. The van der Waals surface area contributed by atoms with E-state index in [1.54, 1.807) is 18.0 Å². The van der Waals surface area contributed by atoms with Gasteiger partial charge in [0, 0.05) is 29.1 Å². The molecule has 29 heavy (non-hydrogen) atoms. The smallest absolute Gasteiger partial charge is 0.337 e. The molecule has 0 saturated carbocycles. The van der Waals surface area contributed by atoms with Crippen LogP contribution in [-0.2, 0) is 6.54 Å². The van der Waals surface area contributed by atoms with Crippen molar-refractivity contribution >= 4 is 23.4 Å². The Labute approximate surface area is 174 Å². The molecule has 2 aromatic carbocycles. The van der Waals surface area contributed by atoms with E-state index in [0.29, 0.717) is 12.2 Å². The zero-order chi connectivity index (χ0) is 20.4. The molecule has 3 aromatic rings. The molecule has 0 fully saturated rings. The zero-order valence-corrected chi connectivity index (χ0v) is 17.2. The number of aromatic carboxylic acids is 1. The lowest BCUT2D eigenvalue weighted by atomic mass is 10.0. The van der Waals surface area contributed by atoms with Gasteiger partial charge in [0.15, 0.2) is 0 Å². The maximum Gasteiger partial charge on any atom is 0.337 e. The van der Waals surface area contributed by atoms with Gasteiger partial charge in [-0.25, -0.2) is 4.79 Å². The minimum absolute atomic E-state index is 0.185. The van der Waals surface area contributed by atoms with Crippen molar-refractivity contribution in [1.82, 2.24) is 9.88 Å². The van der Waals surface area contributed by atoms with Crippen LogP contribution in [-0.4, -0.2) is 34.6 Å². The number of nitrogens with zero attached hydrogens (tertiary/aromatic N) is 2. The number of carboxylic acids is 1. The maximum absolute atomic E-state index is 11.4. The van der Waals surface area contributed by atoms with Crippen LogP contribution in [0.2, 0.25) is 0 Å². The van der Waals surface area contributed by atoms with Gasteiger partial charge in [-0.15, -0.1) is 0 Å². The number of anilines is 1. The monoisotopic (exact) mass is 405 g/mol. The van der Waals surface area contributed by atoms with Crippen LogP contribution in [0, 0.1) is 6.92 Å². The van der Waals surface area contributed by atoms with E-state index in [0.717, 1.165) is 6.54 Å². The topological polar surface area (TPSA) is 65.5 Å². The summed E-state index contributed by atoms with van der Waals surface area (Å²) in [5.41, 5.74) is 4.66. The van der Waals surface area contributed by atoms with E-state index in [1.165, 1.54) is 38.7 Å². The van der Waals surface area contributed by atoms with Crippen molar-refractivity contribution in [3.05, 3.63) is 83.2 Å². The predicted molar refractivity (Wildman–Crippen MR) is 116 cm³/mol. The van der Waals surface area contributed by atoms with Crippen LogP contribution < -0.4 is 5.32 Å². The first-order valence-corrected chi connectivity index (χ1v) is 10.3. The van der Waals surface area contributed by atoms with Gasteiger partial charge in [-0.1, -0.05) is 35.5 Å². The first-order chi connectivity index (χ1) is 14.0. The Hall–Kier alpha value is -2.83. The van der Waals surface area contributed by atoms with Gasteiger partial charge < -0.3 is 10.4 Å². The van der Waals surface area contributed by atoms with Gasteiger partial charge >= 0.3 is 5.97 Å². The third-order valence-corrected chi connectivity index (χ3v) is 6.22. The third kappa shape index (κ3) is 4.28. The van der Waals surface area contributed by atoms with Crippen LogP contribution in [0.4, 0.5) is 5.69 Å². The SMILES string of the molecule is Cc1ccc(Sc2ccc3c(c2)CN(C)[C@H]3CNc2cnccc2C(=O)O)cc1. The summed E-state index contributed by atoms with van der Waals surface area (Å²) in [5, 5.41) is 12.6. The van der Waals surface area contributed by atoms with Gasteiger partial charge in [-0.3, -0.25) is 9.88 Å². The number of hydrogen-bond acceptors (Lipinski definition) is 5. The van der Waals surface area contributed by atoms with Crippen LogP contribution in [0.25, 0.3) is 0 Å². The number of nitrogens with one attached hydrogen (secondary N) is 1. The molecule has 2 N–H and O–H groups in total. The molecule has 6 heteroatoms. The molecule has 4 rings (SSSR count). The molecule has 1 atom stereocenters. The van der Waals surface area contributed by atoms with Crippen molar-refractivity contribution < 1.29 is 9.90 Å². The lowest BCUT2D eigenvalue weighted by Gasteiger charge is -2.22. The molecule has 0 radical (unpaired) electrons. The molecule has 0 spiro atoms. The summed E-state index contributed by atoms with van der Waals surface area (Å²) >= 11 is 1.77. The number of carbonyl (C=O) groups is 1. The largest absolute Gasteiger partial charge is 0.478 e. The normalized spacial score (nSPS) is 15.9. The van der Waals surface area contributed by atoms with Gasteiger partial charge in [-0.2, -0.15) is 0 Å². The number of benzene rings is 2. The number of likely N-dealkylation sites (N-methyl/N-ethyl adjacent to an activating group) is 1. The maximum atomic E-state index is 11.4. The highest BCUT2D eigenvalue weighted by Crippen LogP contribution is 2.37. The first-order valence-electron chi connectivity index (χ1n) is 9.50. The zero-order valence-electron chi connectivity index (χ0n) is 16.4. The molecule has 0 unspecified atom stereocenters. The molecule has 1 aliphatic rings. The predicted octanol–water partition coefficient (Wildman–Crippen LogP) is 4.84. The standard InChI is InChI=1S/C23H23N3O2S/c1-15-3-5-17(6-4-15)29-18-7-8-19-16(11-18)14-26(2)22(19)13-25-21-12-24-10-9-20(21)23(27)28/h3-12,22,25H,13-14H2,1-2H3,(H,27,28)/t22-/m0/s1. The summed E-state index contributed by atoms with van der Waals surface area (Å²) in [6, 6.07) is 16.9. The van der Waals surface area contributed by atoms with Crippen molar-refractivity contribution in [2.45, 2.75) is 29.3 Å². The fourth-order valence-electron chi connectivity index (χ4n) is 3.66. The van der Waals surface area contributed by atoms with E-state index >= 15 is 0 Å². The van der Waals surface area contributed by atoms with Crippen molar-refractivity contribution in [3.63, 3.8) is 0 Å². The Bertz CT molecular complexity index is 1040. The quantitative estimate of drug-likeness (QED) is 0.612. The fraction of sp³-hybridized carbons (Fsp3) is 0.217. The minimum Gasteiger partial charge on any atom is -0.478 e. The number of aromatic nitrogens is 1. The number of aryl methyl sites for hydroxylation is 1. The van der Waals surface area contributed by atoms with E-state index in [2.05, 4.69) is 71.6 Å². The van der Waals surface area contributed by atoms with Gasteiger partial charge in [0.05, 0.1) is 23.5 Å². The number of pyridine rings is 1. The van der Waals surface area contributed by atoms with E-state index in [1.807, 2.05) is 0 Å². The van der Waals surface area contributed by atoms with E-state index in [-0.39, 0.29) is 11.6 Å². The van der Waals surface area contributed by atoms with Gasteiger partial charge in [0.25, 0.3) is 0 Å². The fourth-order valence-corrected chi connectivity index (χ4v) is 4.54. The molecule has 0 saturated heterocycles. The van der Waals surface area contributed by atoms with E-state index in [9.17, 15) is 9.90 Å². The molecule has 0 bridgehead atoms. The van der Waals surface area contributed by atoms with Crippen molar-refractivity contribution in [1.29, 1.82) is 0 Å². The molecule has 2 heterocycles. The lowest BCUT2D eigenvalue weighted by Crippen LogP contribution is -2.24. The molecular formula is C23H23N3O2S. The Morgan fingerprint density at radius 1 is 1.21 bits per heavy atom. The lowest BCUT2D eigenvalue weighted by molar-refractivity contribution is 0.0697. The number of fused-ring (bicyclic) bond motifs is 1. The summed E-state index contributed by atoms with van der Waals surface area (Å²) in [5.74, 6) is -0.951. The van der Waals surface area contributed by atoms with Crippen LogP contribution in [0.15, 0.2) is 70.7 Å². The number of rotatable bonds is 6. The van der Waals surface area contributed by atoms with Crippen molar-refractivity contribution in [2.24, 2.45) is 0 Å². The summed E-state index contributed by atoms with van der Waals surface area (Å²) in [7, 11) is 2.10. The molecule has 0 aliphatic carbocycles. The third-order valence-electron chi connectivity index (χ3n) is 5.22. The van der Waals surface area contributed by atoms with Crippen molar-refractivity contribution in [2.75, 3.05) is 18.9 Å².